The lowest BCUT2D eigenvalue weighted by atomic mass is 10.1. The molecular weight excluding hydrogens is 294 g/mol. The van der Waals surface area contributed by atoms with Gasteiger partial charge in [-0.05, 0) is 42.9 Å². The van der Waals surface area contributed by atoms with Gasteiger partial charge in [-0.3, -0.25) is 4.79 Å². The molecule has 0 saturated carbocycles. The standard InChI is InChI=1S/C14H16ClN3OS/c1-3-12-13(20-18-17-12)14(19)16-9(2)8-10-6-4-5-7-11(10)15/h4-7,9H,3,8H2,1-2H3,(H,16,19)/t9-/m1/s1. The van der Waals surface area contributed by atoms with Crippen molar-refractivity contribution >= 4 is 29.0 Å². The number of carbonyl (C=O) groups excluding carboxylic acids is 1. The number of aryl methyl sites for hydroxylation is 1. The molecule has 1 amide bonds. The maximum Gasteiger partial charge on any atom is 0.265 e. The van der Waals surface area contributed by atoms with Crippen molar-refractivity contribution in [3.8, 4) is 0 Å². The van der Waals surface area contributed by atoms with Gasteiger partial charge in [-0.2, -0.15) is 0 Å². The molecule has 1 heterocycles. The van der Waals surface area contributed by atoms with E-state index in [-0.39, 0.29) is 11.9 Å². The summed E-state index contributed by atoms with van der Waals surface area (Å²) in [5.74, 6) is -0.114. The molecule has 106 valence electrons. The zero-order chi connectivity index (χ0) is 14.5. The SMILES string of the molecule is CCc1nnsc1C(=O)N[C@H](C)Cc1ccccc1Cl. The Labute approximate surface area is 127 Å². The highest BCUT2D eigenvalue weighted by Gasteiger charge is 2.17. The Kier molecular flexibility index (Phi) is 5.09. The molecule has 4 nitrogen and oxygen atoms in total. The van der Waals surface area contributed by atoms with Gasteiger partial charge in [0.05, 0.1) is 5.69 Å². The van der Waals surface area contributed by atoms with Crippen LogP contribution in [0.15, 0.2) is 24.3 Å². The molecule has 0 aliphatic rings. The Bertz CT molecular complexity index is 600. The van der Waals surface area contributed by atoms with Gasteiger partial charge in [0.2, 0.25) is 0 Å². The van der Waals surface area contributed by atoms with E-state index in [1.807, 2.05) is 38.1 Å². The zero-order valence-corrected chi connectivity index (χ0v) is 13.0. The Balaban J connectivity index is 2.00. The Morgan fingerprint density at radius 3 is 2.90 bits per heavy atom. The van der Waals surface area contributed by atoms with Gasteiger partial charge in [-0.25, -0.2) is 0 Å². The monoisotopic (exact) mass is 309 g/mol. The van der Waals surface area contributed by atoms with Crippen LogP contribution in [0.25, 0.3) is 0 Å². The smallest absolute Gasteiger partial charge is 0.265 e. The Morgan fingerprint density at radius 1 is 1.45 bits per heavy atom. The van der Waals surface area contributed by atoms with Gasteiger partial charge in [0.15, 0.2) is 0 Å². The first-order valence-electron chi connectivity index (χ1n) is 6.47. The summed E-state index contributed by atoms with van der Waals surface area (Å²) in [6.07, 6.45) is 1.40. The summed E-state index contributed by atoms with van der Waals surface area (Å²) < 4.78 is 3.83. The minimum Gasteiger partial charge on any atom is -0.348 e. The quantitative estimate of drug-likeness (QED) is 0.923. The molecule has 0 saturated heterocycles. The topological polar surface area (TPSA) is 54.9 Å². The highest BCUT2D eigenvalue weighted by Crippen LogP contribution is 2.17. The highest BCUT2D eigenvalue weighted by molar-refractivity contribution is 7.08. The molecule has 2 aromatic rings. The average molecular weight is 310 g/mol. The molecule has 20 heavy (non-hydrogen) atoms. The van der Waals surface area contributed by atoms with E-state index in [4.69, 9.17) is 11.6 Å². The predicted octanol–water partition coefficient (Wildman–Crippen LogP) is 3.11. The number of carbonyl (C=O) groups is 1. The summed E-state index contributed by atoms with van der Waals surface area (Å²) in [7, 11) is 0. The first-order valence-corrected chi connectivity index (χ1v) is 7.62. The van der Waals surface area contributed by atoms with E-state index in [1.165, 1.54) is 0 Å². The van der Waals surface area contributed by atoms with Crippen LogP contribution in [0.4, 0.5) is 0 Å². The molecule has 0 unspecified atom stereocenters. The van der Waals surface area contributed by atoms with Crippen LogP contribution < -0.4 is 5.32 Å². The number of benzene rings is 1. The molecule has 0 spiro atoms. The largest absolute Gasteiger partial charge is 0.348 e. The van der Waals surface area contributed by atoms with Crippen LogP contribution in [0.5, 0.6) is 0 Å². The highest BCUT2D eigenvalue weighted by atomic mass is 35.5. The molecule has 0 bridgehead atoms. The summed E-state index contributed by atoms with van der Waals surface area (Å²) in [5.41, 5.74) is 1.78. The van der Waals surface area contributed by atoms with Gasteiger partial charge in [-0.1, -0.05) is 41.2 Å². The Morgan fingerprint density at radius 2 is 2.20 bits per heavy atom. The van der Waals surface area contributed by atoms with Crippen molar-refractivity contribution in [3.05, 3.63) is 45.4 Å². The minimum atomic E-state index is -0.114. The number of rotatable bonds is 5. The lowest BCUT2D eigenvalue weighted by Crippen LogP contribution is -2.34. The van der Waals surface area contributed by atoms with Crippen LogP contribution in [0.1, 0.15) is 34.8 Å². The van der Waals surface area contributed by atoms with Crippen LogP contribution in [0, 0.1) is 0 Å². The molecule has 1 atom stereocenters. The van der Waals surface area contributed by atoms with Crippen molar-refractivity contribution in [2.75, 3.05) is 0 Å². The van der Waals surface area contributed by atoms with Crippen molar-refractivity contribution in [1.82, 2.24) is 14.9 Å². The number of amides is 1. The van der Waals surface area contributed by atoms with Gasteiger partial charge in [0.1, 0.15) is 4.88 Å². The number of halogens is 1. The molecule has 0 aliphatic carbocycles. The fourth-order valence-corrected chi connectivity index (χ4v) is 2.81. The second-order valence-electron chi connectivity index (χ2n) is 4.57. The van der Waals surface area contributed by atoms with Crippen molar-refractivity contribution in [3.63, 3.8) is 0 Å². The predicted molar refractivity (Wildman–Crippen MR) is 81.4 cm³/mol. The van der Waals surface area contributed by atoms with E-state index >= 15 is 0 Å². The fraction of sp³-hybridized carbons (Fsp3) is 0.357. The lowest BCUT2D eigenvalue weighted by molar-refractivity contribution is 0.0943. The minimum absolute atomic E-state index is 0.00536. The van der Waals surface area contributed by atoms with Crippen LogP contribution in [-0.4, -0.2) is 21.5 Å². The third-order valence-corrected chi connectivity index (χ3v) is 4.09. The van der Waals surface area contributed by atoms with Gasteiger partial charge >= 0.3 is 0 Å². The molecule has 1 aromatic heterocycles. The van der Waals surface area contributed by atoms with E-state index in [2.05, 4.69) is 14.9 Å². The van der Waals surface area contributed by atoms with Gasteiger partial charge in [-0.15, -0.1) is 5.10 Å². The number of nitrogens with one attached hydrogen (secondary N) is 1. The van der Waals surface area contributed by atoms with Crippen LogP contribution in [0.2, 0.25) is 5.02 Å². The Hall–Kier alpha value is -1.46. The molecule has 0 radical (unpaired) electrons. The third kappa shape index (κ3) is 3.55. The van der Waals surface area contributed by atoms with Crippen LogP contribution >= 0.6 is 23.1 Å². The average Bonchev–Trinajstić information content (AvgIpc) is 2.89. The number of aromatic nitrogens is 2. The van der Waals surface area contributed by atoms with E-state index < -0.39 is 0 Å². The second-order valence-corrected chi connectivity index (χ2v) is 5.73. The summed E-state index contributed by atoms with van der Waals surface area (Å²) in [4.78, 5) is 12.8. The summed E-state index contributed by atoms with van der Waals surface area (Å²) in [6, 6.07) is 7.66. The normalized spacial score (nSPS) is 12.2. The third-order valence-electron chi connectivity index (χ3n) is 2.96. The van der Waals surface area contributed by atoms with E-state index in [1.54, 1.807) is 0 Å². The fourth-order valence-electron chi connectivity index (χ4n) is 1.95. The summed E-state index contributed by atoms with van der Waals surface area (Å²) in [5, 5.41) is 7.64. The molecule has 0 aliphatic heterocycles. The van der Waals surface area contributed by atoms with E-state index in [9.17, 15) is 4.79 Å². The van der Waals surface area contributed by atoms with Gasteiger partial charge in [0.25, 0.3) is 5.91 Å². The van der Waals surface area contributed by atoms with Crippen LogP contribution in [0.3, 0.4) is 0 Å². The van der Waals surface area contributed by atoms with Crippen molar-refractivity contribution < 1.29 is 4.79 Å². The first kappa shape index (κ1) is 14.9. The van der Waals surface area contributed by atoms with Gasteiger partial charge in [0, 0.05) is 11.1 Å². The summed E-state index contributed by atoms with van der Waals surface area (Å²) in [6.45, 7) is 3.92. The summed E-state index contributed by atoms with van der Waals surface area (Å²) >= 11 is 7.26. The maximum absolute atomic E-state index is 12.2. The number of nitrogens with zero attached hydrogens (tertiary/aromatic N) is 2. The number of hydrogen-bond donors (Lipinski definition) is 1. The first-order chi connectivity index (χ1) is 9.61. The van der Waals surface area contributed by atoms with Gasteiger partial charge < -0.3 is 5.32 Å². The van der Waals surface area contributed by atoms with E-state index in [0.717, 1.165) is 27.8 Å². The second kappa shape index (κ2) is 6.81. The molecule has 2 rings (SSSR count). The molecule has 0 fully saturated rings. The molecular formula is C14H16ClN3OS. The van der Waals surface area contributed by atoms with E-state index in [0.29, 0.717) is 17.7 Å². The lowest BCUT2D eigenvalue weighted by Gasteiger charge is -2.14. The van der Waals surface area contributed by atoms with Crippen molar-refractivity contribution in [2.24, 2.45) is 0 Å². The molecule has 1 N–H and O–H groups in total. The van der Waals surface area contributed by atoms with Crippen molar-refractivity contribution in [1.29, 1.82) is 0 Å². The number of hydrogen-bond acceptors (Lipinski definition) is 4. The van der Waals surface area contributed by atoms with Crippen molar-refractivity contribution in [2.45, 2.75) is 32.7 Å². The maximum atomic E-state index is 12.2. The molecule has 1 aromatic carbocycles. The molecule has 6 heteroatoms. The zero-order valence-electron chi connectivity index (χ0n) is 11.4. The van der Waals surface area contributed by atoms with Crippen LogP contribution in [-0.2, 0) is 12.8 Å².